The Morgan fingerprint density at radius 3 is 3.05 bits per heavy atom. The molecule has 0 radical (unpaired) electrons. The Labute approximate surface area is 120 Å². The van der Waals surface area contributed by atoms with E-state index in [1.807, 2.05) is 0 Å². The number of aromatic nitrogens is 1. The van der Waals surface area contributed by atoms with Gasteiger partial charge in [0.15, 0.2) is 0 Å². The van der Waals surface area contributed by atoms with Crippen molar-refractivity contribution in [2.75, 3.05) is 13.2 Å². The first kappa shape index (κ1) is 13.4. The first-order valence-electron chi connectivity index (χ1n) is 7.42. The molecule has 1 aliphatic heterocycles. The summed E-state index contributed by atoms with van der Waals surface area (Å²) in [6.45, 7) is 5.76. The lowest BCUT2D eigenvalue weighted by atomic mass is 9.97. The first-order chi connectivity index (χ1) is 9.88. The molecule has 0 fully saturated rings. The molecule has 1 atom stereocenters. The molecule has 106 valence electrons. The molecule has 0 aliphatic carbocycles. The minimum Gasteiger partial charge on any atom is -0.371 e. The Kier molecular flexibility index (Phi) is 4.19. The average Bonchev–Trinajstić information content (AvgIpc) is 2.93. The van der Waals surface area contributed by atoms with Crippen LogP contribution in [0.4, 0.5) is 0 Å². The second kappa shape index (κ2) is 6.25. The summed E-state index contributed by atoms with van der Waals surface area (Å²) in [6.07, 6.45) is 3.35. The maximum atomic E-state index is 6.00. The second-order valence-electron chi connectivity index (χ2n) is 5.24. The van der Waals surface area contributed by atoms with E-state index < -0.39 is 0 Å². The van der Waals surface area contributed by atoms with E-state index in [4.69, 9.17) is 4.74 Å². The van der Waals surface area contributed by atoms with Gasteiger partial charge < -0.3 is 14.6 Å². The maximum Gasteiger partial charge on any atom is 0.101 e. The van der Waals surface area contributed by atoms with Crippen LogP contribution < -0.4 is 5.32 Å². The Bertz CT molecular complexity index is 562. The smallest absolute Gasteiger partial charge is 0.101 e. The quantitative estimate of drug-likeness (QED) is 0.904. The summed E-state index contributed by atoms with van der Waals surface area (Å²) in [7, 11) is 0. The fraction of sp³-hybridized carbons (Fsp3) is 0.412. The van der Waals surface area contributed by atoms with Gasteiger partial charge in [-0.15, -0.1) is 0 Å². The summed E-state index contributed by atoms with van der Waals surface area (Å²) in [5, 5.41) is 3.39. The van der Waals surface area contributed by atoms with Gasteiger partial charge in [-0.1, -0.05) is 31.2 Å². The van der Waals surface area contributed by atoms with Crippen molar-refractivity contribution in [3.8, 4) is 0 Å². The van der Waals surface area contributed by atoms with Gasteiger partial charge in [0.05, 0.1) is 13.2 Å². The summed E-state index contributed by atoms with van der Waals surface area (Å²) in [5.41, 5.74) is 4.10. The van der Waals surface area contributed by atoms with Crippen LogP contribution in [0.25, 0.3) is 0 Å². The summed E-state index contributed by atoms with van der Waals surface area (Å²) < 4.78 is 8.30. The van der Waals surface area contributed by atoms with Gasteiger partial charge in [-0.3, -0.25) is 0 Å². The second-order valence-corrected chi connectivity index (χ2v) is 5.24. The van der Waals surface area contributed by atoms with Crippen molar-refractivity contribution < 1.29 is 4.74 Å². The standard InChI is InChI=1S/C17H22N2O/c1-2-18-12-15-7-5-10-19(15)13-17-16-8-4-3-6-14(16)9-11-20-17/h3-8,10,17-18H,2,9,11-13H2,1H3. The van der Waals surface area contributed by atoms with Gasteiger partial charge in [0.25, 0.3) is 0 Å². The lowest BCUT2D eigenvalue weighted by Crippen LogP contribution is -2.22. The number of benzene rings is 1. The predicted octanol–water partition coefficient (Wildman–Crippen LogP) is 2.91. The minimum atomic E-state index is 0.174. The Balaban J connectivity index is 1.77. The van der Waals surface area contributed by atoms with Crippen molar-refractivity contribution in [2.24, 2.45) is 0 Å². The number of rotatable bonds is 5. The minimum absolute atomic E-state index is 0.174. The predicted molar refractivity (Wildman–Crippen MR) is 80.7 cm³/mol. The van der Waals surface area contributed by atoms with Crippen LogP contribution in [0.3, 0.4) is 0 Å². The molecule has 1 aromatic carbocycles. The first-order valence-corrected chi connectivity index (χ1v) is 7.42. The van der Waals surface area contributed by atoms with E-state index in [2.05, 4.69) is 59.4 Å². The van der Waals surface area contributed by atoms with Gasteiger partial charge in [-0.25, -0.2) is 0 Å². The van der Waals surface area contributed by atoms with Crippen LogP contribution in [0.2, 0.25) is 0 Å². The van der Waals surface area contributed by atoms with Crippen molar-refractivity contribution in [1.82, 2.24) is 9.88 Å². The molecule has 3 nitrogen and oxygen atoms in total. The van der Waals surface area contributed by atoms with E-state index in [1.165, 1.54) is 16.8 Å². The van der Waals surface area contributed by atoms with Crippen LogP contribution in [0, 0.1) is 0 Å². The van der Waals surface area contributed by atoms with E-state index in [-0.39, 0.29) is 6.10 Å². The largest absolute Gasteiger partial charge is 0.371 e. The van der Waals surface area contributed by atoms with Crippen molar-refractivity contribution >= 4 is 0 Å². The molecule has 1 unspecified atom stereocenters. The van der Waals surface area contributed by atoms with Gasteiger partial charge in [0, 0.05) is 18.4 Å². The van der Waals surface area contributed by atoms with E-state index in [9.17, 15) is 0 Å². The zero-order valence-electron chi connectivity index (χ0n) is 12.0. The number of hydrogen-bond acceptors (Lipinski definition) is 2. The van der Waals surface area contributed by atoms with E-state index in [0.717, 1.165) is 32.7 Å². The van der Waals surface area contributed by atoms with Crippen LogP contribution in [0.5, 0.6) is 0 Å². The highest BCUT2D eigenvalue weighted by molar-refractivity contribution is 5.31. The maximum absolute atomic E-state index is 6.00. The molecular formula is C17H22N2O. The van der Waals surface area contributed by atoms with Crippen LogP contribution >= 0.6 is 0 Å². The molecule has 0 amide bonds. The molecule has 0 saturated carbocycles. The van der Waals surface area contributed by atoms with Gasteiger partial charge in [0.1, 0.15) is 6.10 Å². The number of fused-ring (bicyclic) bond motifs is 1. The molecular weight excluding hydrogens is 248 g/mol. The molecule has 3 rings (SSSR count). The third-order valence-electron chi connectivity index (χ3n) is 3.93. The normalized spacial score (nSPS) is 17.9. The van der Waals surface area contributed by atoms with Crippen molar-refractivity contribution in [3.63, 3.8) is 0 Å². The molecule has 1 aliphatic rings. The van der Waals surface area contributed by atoms with Crippen LogP contribution in [0.15, 0.2) is 42.6 Å². The molecule has 3 heteroatoms. The highest BCUT2D eigenvalue weighted by Gasteiger charge is 2.21. The number of nitrogens with zero attached hydrogens (tertiary/aromatic N) is 1. The average molecular weight is 270 g/mol. The monoisotopic (exact) mass is 270 g/mol. The van der Waals surface area contributed by atoms with Crippen LogP contribution in [-0.2, 0) is 24.2 Å². The number of ether oxygens (including phenoxy) is 1. The van der Waals surface area contributed by atoms with Crippen molar-refractivity contribution in [1.29, 1.82) is 0 Å². The zero-order chi connectivity index (χ0) is 13.8. The topological polar surface area (TPSA) is 26.2 Å². The lowest BCUT2D eigenvalue weighted by Gasteiger charge is -2.27. The Morgan fingerprint density at radius 2 is 2.15 bits per heavy atom. The third-order valence-corrected chi connectivity index (χ3v) is 3.93. The summed E-state index contributed by atoms with van der Waals surface area (Å²) >= 11 is 0. The van der Waals surface area contributed by atoms with Gasteiger partial charge in [-0.05, 0) is 36.2 Å². The molecule has 1 N–H and O–H groups in total. The van der Waals surface area contributed by atoms with E-state index in [1.54, 1.807) is 0 Å². The zero-order valence-corrected chi connectivity index (χ0v) is 12.0. The molecule has 0 bridgehead atoms. The third kappa shape index (κ3) is 2.79. The van der Waals surface area contributed by atoms with Gasteiger partial charge >= 0.3 is 0 Å². The summed E-state index contributed by atoms with van der Waals surface area (Å²) in [6, 6.07) is 12.9. The SMILES string of the molecule is CCNCc1cccn1CC1OCCc2ccccc21. The van der Waals surface area contributed by atoms with E-state index in [0.29, 0.717) is 0 Å². The number of nitrogens with one attached hydrogen (secondary N) is 1. The van der Waals surface area contributed by atoms with Gasteiger partial charge in [0.2, 0.25) is 0 Å². The molecule has 20 heavy (non-hydrogen) atoms. The van der Waals surface area contributed by atoms with Crippen molar-refractivity contribution in [3.05, 3.63) is 59.4 Å². The molecule has 2 heterocycles. The summed E-state index contributed by atoms with van der Waals surface area (Å²) in [5.74, 6) is 0. The fourth-order valence-corrected chi connectivity index (χ4v) is 2.85. The highest BCUT2D eigenvalue weighted by atomic mass is 16.5. The van der Waals surface area contributed by atoms with Crippen LogP contribution in [-0.4, -0.2) is 17.7 Å². The highest BCUT2D eigenvalue weighted by Crippen LogP contribution is 2.28. The molecule has 0 spiro atoms. The van der Waals surface area contributed by atoms with E-state index >= 15 is 0 Å². The molecule has 2 aromatic rings. The van der Waals surface area contributed by atoms with Crippen LogP contribution in [0.1, 0.15) is 29.8 Å². The Morgan fingerprint density at radius 1 is 1.25 bits per heavy atom. The van der Waals surface area contributed by atoms with Gasteiger partial charge in [-0.2, -0.15) is 0 Å². The molecule has 1 aromatic heterocycles. The Hall–Kier alpha value is -1.58. The lowest BCUT2D eigenvalue weighted by molar-refractivity contribution is 0.0301. The number of hydrogen-bond donors (Lipinski definition) is 1. The fourth-order valence-electron chi connectivity index (χ4n) is 2.85. The van der Waals surface area contributed by atoms with Crippen molar-refractivity contribution in [2.45, 2.75) is 32.5 Å². The summed E-state index contributed by atoms with van der Waals surface area (Å²) in [4.78, 5) is 0. The molecule has 0 saturated heterocycles.